The van der Waals surface area contributed by atoms with Crippen LogP contribution in [0.25, 0.3) is 0 Å². The van der Waals surface area contributed by atoms with Crippen molar-refractivity contribution >= 4 is 26.4 Å². The SMILES string of the molecule is C=CC(=O)OCCC(C[Si](OC)(OC)OC)C(C)(C)Cl. The maximum atomic E-state index is 11.1. The minimum absolute atomic E-state index is 0.0216. The van der Waals surface area contributed by atoms with Gasteiger partial charge < -0.3 is 18.0 Å². The van der Waals surface area contributed by atoms with E-state index in [1.165, 1.54) is 0 Å². The number of carbonyl (C=O) groups excluding carboxylic acids is 1. The van der Waals surface area contributed by atoms with Crippen molar-refractivity contribution in [2.24, 2.45) is 5.92 Å². The Morgan fingerprint density at radius 2 is 1.80 bits per heavy atom. The molecule has 0 heterocycles. The monoisotopic (exact) mass is 324 g/mol. The third-order valence-corrected chi connectivity index (χ3v) is 6.44. The summed E-state index contributed by atoms with van der Waals surface area (Å²) in [7, 11) is 1.97. The topological polar surface area (TPSA) is 54.0 Å². The molecule has 0 N–H and O–H groups in total. The molecule has 1 unspecified atom stereocenters. The summed E-state index contributed by atoms with van der Waals surface area (Å²) in [5, 5.41) is 0. The number of esters is 1. The smallest absolute Gasteiger partial charge is 0.463 e. The van der Waals surface area contributed by atoms with E-state index in [1.807, 2.05) is 13.8 Å². The van der Waals surface area contributed by atoms with Crippen LogP contribution in [0.15, 0.2) is 12.7 Å². The standard InChI is InChI=1S/C13H25ClO5Si/c1-7-12(15)19-9-8-11(13(2,3)14)10-20(16-4,17-5)18-6/h7,11H,1,8-10H2,2-6H3. The van der Waals surface area contributed by atoms with E-state index in [-0.39, 0.29) is 12.5 Å². The van der Waals surface area contributed by atoms with Crippen molar-refractivity contribution in [1.82, 2.24) is 0 Å². The Labute approximate surface area is 127 Å². The average Bonchev–Trinajstić information content (AvgIpc) is 2.41. The van der Waals surface area contributed by atoms with Crippen LogP contribution in [0.4, 0.5) is 0 Å². The van der Waals surface area contributed by atoms with Gasteiger partial charge in [-0.1, -0.05) is 6.58 Å². The van der Waals surface area contributed by atoms with E-state index >= 15 is 0 Å². The van der Waals surface area contributed by atoms with Gasteiger partial charge in [-0.15, -0.1) is 11.6 Å². The van der Waals surface area contributed by atoms with E-state index in [0.29, 0.717) is 12.5 Å². The van der Waals surface area contributed by atoms with Crippen LogP contribution in [0.3, 0.4) is 0 Å². The summed E-state index contributed by atoms with van der Waals surface area (Å²) in [6, 6.07) is 0.554. The van der Waals surface area contributed by atoms with Gasteiger partial charge in [-0.05, 0) is 26.2 Å². The zero-order valence-electron chi connectivity index (χ0n) is 12.9. The molecule has 0 aromatic carbocycles. The molecule has 0 aliphatic carbocycles. The number of carbonyl (C=O) groups is 1. The van der Waals surface area contributed by atoms with Crippen LogP contribution in [0.2, 0.25) is 6.04 Å². The molecule has 0 fully saturated rings. The van der Waals surface area contributed by atoms with Crippen LogP contribution >= 0.6 is 11.6 Å². The van der Waals surface area contributed by atoms with Crippen molar-refractivity contribution in [1.29, 1.82) is 0 Å². The highest BCUT2D eigenvalue weighted by Crippen LogP contribution is 2.34. The summed E-state index contributed by atoms with van der Waals surface area (Å²) in [6.45, 7) is 7.45. The summed E-state index contributed by atoms with van der Waals surface area (Å²) in [5.41, 5.74) is 0. The lowest BCUT2D eigenvalue weighted by molar-refractivity contribution is -0.138. The Balaban J connectivity index is 4.73. The second-order valence-electron chi connectivity index (χ2n) is 4.92. The van der Waals surface area contributed by atoms with E-state index in [9.17, 15) is 4.79 Å². The largest absolute Gasteiger partial charge is 0.500 e. The number of halogens is 1. The van der Waals surface area contributed by atoms with Gasteiger partial charge in [0.2, 0.25) is 0 Å². The quantitative estimate of drug-likeness (QED) is 0.267. The molecule has 5 nitrogen and oxygen atoms in total. The Hall–Kier alpha value is -0.403. The lowest BCUT2D eigenvalue weighted by Gasteiger charge is -2.34. The zero-order valence-corrected chi connectivity index (χ0v) is 14.7. The first-order chi connectivity index (χ1) is 9.24. The number of hydrogen-bond acceptors (Lipinski definition) is 5. The van der Waals surface area contributed by atoms with Gasteiger partial charge in [0, 0.05) is 38.3 Å². The minimum atomic E-state index is -2.72. The van der Waals surface area contributed by atoms with E-state index in [1.54, 1.807) is 21.3 Å². The lowest BCUT2D eigenvalue weighted by Crippen LogP contribution is -2.47. The first-order valence-corrected chi connectivity index (χ1v) is 8.69. The molecular weight excluding hydrogens is 300 g/mol. The van der Waals surface area contributed by atoms with Gasteiger partial charge in [-0.3, -0.25) is 0 Å². The van der Waals surface area contributed by atoms with Gasteiger partial charge in [0.15, 0.2) is 0 Å². The van der Waals surface area contributed by atoms with Gasteiger partial charge in [0.25, 0.3) is 0 Å². The summed E-state index contributed by atoms with van der Waals surface area (Å²) in [6.07, 6.45) is 1.74. The molecule has 1 atom stereocenters. The molecule has 20 heavy (non-hydrogen) atoms. The van der Waals surface area contributed by atoms with Gasteiger partial charge >= 0.3 is 14.8 Å². The molecule has 0 aliphatic rings. The second-order valence-corrected chi connectivity index (χ2v) is 8.89. The van der Waals surface area contributed by atoms with Gasteiger partial charge in [0.05, 0.1) is 6.61 Å². The second kappa shape index (κ2) is 8.79. The van der Waals surface area contributed by atoms with Crippen LogP contribution in [-0.4, -0.2) is 47.6 Å². The molecule has 0 amide bonds. The van der Waals surface area contributed by atoms with Gasteiger partial charge in [-0.25, -0.2) is 4.79 Å². The van der Waals surface area contributed by atoms with Crippen molar-refractivity contribution in [2.45, 2.75) is 31.2 Å². The van der Waals surface area contributed by atoms with Crippen molar-refractivity contribution in [3.05, 3.63) is 12.7 Å². The van der Waals surface area contributed by atoms with Crippen molar-refractivity contribution in [2.75, 3.05) is 27.9 Å². The zero-order chi connectivity index (χ0) is 15.8. The molecule has 0 radical (unpaired) electrons. The van der Waals surface area contributed by atoms with Crippen molar-refractivity contribution < 1.29 is 22.8 Å². The summed E-state index contributed by atoms with van der Waals surface area (Å²) in [4.78, 5) is 10.6. The third kappa shape index (κ3) is 6.36. The lowest BCUT2D eigenvalue weighted by atomic mass is 9.94. The van der Waals surface area contributed by atoms with Crippen LogP contribution in [0.5, 0.6) is 0 Å². The molecule has 0 bridgehead atoms. The summed E-state index contributed by atoms with van der Waals surface area (Å²) >= 11 is 6.42. The minimum Gasteiger partial charge on any atom is -0.463 e. The average molecular weight is 325 g/mol. The molecule has 0 aliphatic heterocycles. The first kappa shape index (κ1) is 19.6. The van der Waals surface area contributed by atoms with E-state index < -0.39 is 19.6 Å². The van der Waals surface area contributed by atoms with Gasteiger partial charge in [0.1, 0.15) is 0 Å². The number of ether oxygens (including phenoxy) is 1. The maximum Gasteiger partial charge on any atom is 0.500 e. The van der Waals surface area contributed by atoms with Crippen LogP contribution in [0.1, 0.15) is 20.3 Å². The predicted octanol–water partition coefficient (Wildman–Crippen LogP) is 2.62. The molecule has 0 rings (SSSR count). The van der Waals surface area contributed by atoms with Crippen molar-refractivity contribution in [3.8, 4) is 0 Å². The molecule has 0 saturated heterocycles. The van der Waals surface area contributed by atoms with Crippen LogP contribution in [0, 0.1) is 5.92 Å². The highest BCUT2D eigenvalue weighted by molar-refractivity contribution is 6.60. The molecule has 0 saturated carbocycles. The summed E-state index contributed by atoms with van der Waals surface area (Å²) < 4.78 is 21.3. The predicted molar refractivity (Wildman–Crippen MR) is 80.8 cm³/mol. The molecule has 0 aromatic rings. The molecule has 0 spiro atoms. The fourth-order valence-corrected chi connectivity index (χ4v) is 4.48. The Kier molecular flexibility index (Phi) is 8.61. The first-order valence-electron chi connectivity index (χ1n) is 6.38. The fraction of sp³-hybridized carbons (Fsp3) is 0.769. The van der Waals surface area contributed by atoms with Crippen molar-refractivity contribution in [3.63, 3.8) is 0 Å². The molecule has 0 aromatic heterocycles. The number of alkyl halides is 1. The molecule has 7 heteroatoms. The fourth-order valence-electron chi connectivity index (χ4n) is 1.85. The highest BCUT2D eigenvalue weighted by Gasteiger charge is 2.44. The Morgan fingerprint density at radius 3 is 2.15 bits per heavy atom. The molecular formula is C13H25ClO5Si. The van der Waals surface area contributed by atoms with E-state index in [2.05, 4.69) is 6.58 Å². The Bertz CT molecular complexity index is 304. The van der Waals surface area contributed by atoms with Crippen LogP contribution in [-0.2, 0) is 22.8 Å². The van der Waals surface area contributed by atoms with E-state index in [0.717, 1.165) is 6.08 Å². The number of rotatable bonds is 10. The number of hydrogen-bond donors (Lipinski definition) is 0. The summed E-state index contributed by atoms with van der Waals surface area (Å²) in [5.74, 6) is -0.418. The maximum absolute atomic E-state index is 11.1. The van der Waals surface area contributed by atoms with E-state index in [4.69, 9.17) is 29.6 Å². The van der Waals surface area contributed by atoms with Gasteiger partial charge in [-0.2, -0.15) is 0 Å². The van der Waals surface area contributed by atoms with Crippen LogP contribution < -0.4 is 0 Å². The molecule has 118 valence electrons. The normalized spacial score (nSPS) is 13.9. The highest BCUT2D eigenvalue weighted by atomic mass is 35.5. The Morgan fingerprint density at radius 1 is 1.30 bits per heavy atom. The third-order valence-electron chi connectivity index (χ3n) is 3.28.